The van der Waals surface area contributed by atoms with Crippen LogP contribution in [-0.2, 0) is 5.92 Å². The van der Waals surface area contributed by atoms with Crippen LogP contribution in [-0.4, -0.2) is 18.8 Å². The van der Waals surface area contributed by atoms with Crippen LogP contribution >= 0.6 is 0 Å². The topological polar surface area (TPSA) is 61.3 Å². The lowest BCUT2D eigenvalue weighted by Crippen LogP contribution is -2.17. The lowest BCUT2D eigenvalue weighted by atomic mass is 10.2. The first kappa shape index (κ1) is 9.91. The summed E-state index contributed by atoms with van der Waals surface area (Å²) >= 11 is 0. The fraction of sp³-hybridized carbons (Fsp3) is 0.571. The van der Waals surface area contributed by atoms with Crippen molar-refractivity contribution in [2.45, 2.75) is 12.3 Å². The Labute approximate surface area is 73.6 Å². The highest BCUT2D eigenvalue weighted by atomic mass is 19.3. The molecule has 0 atom stereocenters. The number of nitrogens with zero attached hydrogens (tertiary/aromatic N) is 1. The van der Waals surface area contributed by atoms with Gasteiger partial charge in [-0.15, -0.1) is 0 Å². The molecule has 4 nitrogen and oxygen atoms in total. The van der Waals surface area contributed by atoms with Crippen LogP contribution in [0.1, 0.15) is 12.2 Å². The van der Waals surface area contributed by atoms with Gasteiger partial charge in [0, 0.05) is 6.42 Å². The molecule has 1 aromatic heterocycles. The standard InChI is InChI=1S/C7H10F2N2O2/c1-12-6-4-5(13-11-6)7(8,9)2-3-10/h4H,2-3,10H2,1H3. The van der Waals surface area contributed by atoms with E-state index in [4.69, 9.17) is 5.73 Å². The van der Waals surface area contributed by atoms with Crippen LogP contribution < -0.4 is 10.5 Å². The highest BCUT2D eigenvalue weighted by molar-refractivity contribution is 5.14. The second-order valence-corrected chi connectivity index (χ2v) is 2.48. The number of methoxy groups -OCH3 is 1. The summed E-state index contributed by atoms with van der Waals surface area (Å²) in [5, 5.41) is 3.27. The number of halogens is 2. The number of aromatic nitrogens is 1. The molecule has 0 aliphatic rings. The van der Waals surface area contributed by atoms with Crippen LogP contribution in [0.25, 0.3) is 0 Å². The number of rotatable bonds is 4. The predicted molar refractivity (Wildman–Crippen MR) is 40.6 cm³/mol. The highest BCUT2D eigenvalue weighted by Crippen LogP contribution is 2.32. The van der Waals surface area contributed by atoms with E-state index in [-0.39, 0.29) is 12.4 Å². The van der Waals surface area contributed by atoms with Crippen molar-refractivity contribution in [2.24, 2.45) is 5.73 Å². The molecule has 0 aliphatic carbocycles. The molecule has 2 N–H and O–H groups in total. The van der Waals surface area contributed by atoms with Crippen LogP contribution in [0.5, 0.6) is 5.88 Å². The van der Waals surface area contributed by atoms with Crippen molar-refractivity contribution in [3.8, 4) is 5.88 Å². The average Bonchev–Trinajstić information content (AvgIpc) is 2.52. The van der Waals surface area contributed by atoms with E-state index >= 15 is 0 Å². The first-order valence-electron chi connectivity index (χ1n) is 3.69. The summed E-state index contributed by atoms with van der Waals surface area (Å²) in [6, 6.07) is 1.05. The van der Waals surface area contributed by atoms with Gasteiger partial charge in [-0.25, -0.2) is 0 Å². The predicted octanol–water partition coefficient (Wildman–Crippen LogP) is 1.12. The molecule has 6 heteroatoms. The summed E-state index contributed by atoms with van der Waals surface area (Å²) in [6.07, 6.45) is -0.467. The SMILES string of the molecule is COc1cc(C(F)(F)CCN)on1. The van der Waals surface area contributed by atoms with Crippen molar-refractivity contribution in [2.75, 3.05) is 13.7 Å². The third-order valence-corrected chi connectivity index (χ3v) is 1.52. The van der Waals surface area contributed by atoms with E-state index in [0.717, 1.165) is 6.07 Å². The monoisotopic (exact) mass is 192 g/mol. The number of alkyl halides is 2. The Bertz CT molecular complexity index is 275. The molecule has 13 heavy (non-hydrogen) atoms. The maximum Gasteiger partial charge on any atom is 0.308 e. The minimum absolute atomic E-state index is 0.0340. The zero-order valence-electron chi connectivity index (χ0n) is 7.09. The summed E-state index contributed by atoms with van der Waals surface area (Å²) in [4.78, 5) is 0. The summed E-state index contributed by atoms with van der Waals surface area (Å²) in [7, 11) is 1.32. The van der Waals surface area contributed by atoms with Gasteiger partial charge in [0.25, 0.3) is 5.88 Å². The Morgan fingerprint density at radius 1 is 1.69 bits per heavy atom. The van der Waals surface area contributed by atoms with Gasteiger partial charge in [0.05, 0.1) is 13.2 Å². The Morgan fingerprint density at radius 3 is 2.85 bits per heavy atom. The average molecular weight is 192 g/mol. The van der Waals surface area contributed by atoms with Crippen molar-refractivity contribution in [3.63, 3.8) is 0 Å². The van der Waals surface area contributed by atoms with Gasteiger partial charge >= 0.3 is 5.92 Å². The van der Waals surface area contributed by atoms with Crippen molar-refractivity contribution in [1.82, 2.24) is 5.16 Å². The summed E-state index contributed by atoms with van der Waals surface area (Å²) in [6.45, 7) is -0.115. The van der Waals surface area contributed by atoms with Gasteiger partial charge in [0.2, 0.25) is 5.76 Å². The molecular weight excluding hydrogens is 182 g/mol. The molecule has 0 spiro atoms. The van der Waals surface area contributed by atoms with Gasteiger partial charge < -0.3 is 15.0 Å². The van der Waals surface area contributed by atoms with Crippen LogP contribution in [0.4, 0.5) is 8.78 Å². The van der Waals surface area contributed by atoms with Crippen molar-refractivity contribution in [3.05, 3.63) is 11.8 Å². The summed E-state index contributed by atoms with van der Waals surface area (Å²) in [5.74, 6) is -3.56. The first-order chi connectivity index (χ1) is 6.10. The third-order valence-electron chi connectivity index (χ3n) is 1.52. The van der Waals surface area contributed by atoms with Crippen molar-refractivity contribution in [1.29, 1.82) is 0 Å². The van der Waals surface area contributed by atoms with E-state index < -0.39 is 18.1 Å². The molecule has 0 fully saturated rings. The molecule has 0 unspecified atom stereocenters. The fourth-order valence-electron chi connectivity index (χ4n) is 0.832. The Morgan fingerprint density at radius 2 is 2.38 bits per heavy atom. The molecule has 0 aliphatic heterocycles. The Hall–Kier alpha value is -1.17. The van der Waals surface area contributed by atoms with E-state index in [1.807, 2.05) is 0 Å². The van der Waals surface area contributed by atoms with Gasteiger partial charge in [-0.3, -0.25) is 0 Å². The van der Waals surface area contributed by atoms with E-state index in [2.05, 4.69) is 14.4 Å². The van der Waals surface area contributed by atoms with Gasteiger partial charge in [0.15, 0.2) is 0 Å². The van der Waals surface area contributed by atoms with Gasteiger partial charge in [-0.05, 0) is 11.7 Å². The van der Waals surface area contributed by atoms with Crippen molar-refractivity contribution < 1.29 is 18.0 Å². The second kappa shape index (κ2) is 3.69. The number of ether oxygens (including phenoxy) is 1. The Balaban J connectivity index is 2.80. The van der Waals surface area contributed by atoms with E-state index in [9.17, 15) is 8.78 Å². The summed E-state index contributed by atoms with van der Waals surface area (Å²) in [5.41, 5.74) is 5.02. The zero-order valence-corrected chi connectivity index (χ0v) is 7.09. The third kappa shape index (κ3) is 2.15. The number of nitrogens with two attached hydrogens (primary N) is 1. The van der Waals surface area contributed by atoms with E-state index in [0.29, 0.717) is 0 Å². The largest absolute Gasteiger partial charge is 0.479 e. The fourth-order valence-corrected chi connectivity index (χ4v) is 0.832. The molecule has 1 rings (SSSR count). The van der Waals surface area contributed by atoms with Crippen LogP contribution in [0.3, 0.4) is 0 Å². The van der Waals surface area contributed by atoms with Gasteiger partial charge in [0.1, 0.15) is 0 Å². The molecule has 0 radical (unpaired) electrons. The van der Waals surface area contributed by atoms with E-state index in [1.165, 1.54) is 7.11 Å². The molecule has 1 aromatic rings. The highest BCUT2D eigenvalue weighted by Gasteiger charge is 2.35. The lowest BCUT2D eigenvalue weighted by Gasteiger charge is -2.09. The van der Waals surface area contributed by atoms with E-state index in [1.54, 1.807) is 0 Å². The minimum Gasteiger partial charge on any atom is -0.479 e. The minimum atomic E-state index is -3.07. The quantitative estimate of drug-likeness (QED) is 0.776. The zero-order chi connectivity index (χ0) is 9.90. The lowest BCUT2D eigenvalue weighted by molar-refractivity contribution is -0.0362. The molecule has 1 heterocycles. The molecule has 0 saturated carbocycles. The summed E-state index contributed by atoms with van der Waals surface area (Å²) < 4.78 is 35.1. The van der Waals surface area contributed by atoms with Gasteiger partial charge in [-0.1, -0.05) is 0 Å². The maximum absolute atomic E-state index is 13.0. The van der Waals surface area contributed by atoms with Crippen molar-refractivity contribution >= 4 is 0 Å². The Kier molecular flexibility index (Phi) is 2.82. The molecule has 0 bridgehead atoms. The maximum atomic E-state index is 13.0. The molecule has 0 aromatic carbocycles. The second-order valence-electron chi connectivity index (χ2n) is 2.48. The molecular formula is C7H10F2N2O2. The normalized spacial score (nSPS) is 11.7. The molecule has 0 amide bonds. The molecule has 74 valence electrons. The van der Waals surface area contributed by atoms with Gasteiger partial charge in [-0.2, -0.15) is 8.78 Å². The number of hydrogen-bond donors (Lipinski definition) is 1. The first-order valence-corrected chi connectivity index (χ1v) is 3.69. The van der Waals surface area contributed by atoms with Crippen LogP contribution in [0, 0.1) is 0 Å². The van der Waals surface area contributed by atoms with Crippen LogP contribution in [0.2, 0.25) is 0 Å². The molecule has 0 saturated heterocycles. The smallest absolute Gasteiger partial charge is 0.308 e. The number of hydrogen-bond acceptors (Lipinski definition) is 4. The van der Waals surface area contributed by atoms with Crippen LogP contribution in [0.15, 0.2) is 10.6 Å².